The van der Waals surface area contributed by atoms with Crippen molar-refractivity contribution in [1.82, 2.24) is 24.0 Å². The minimum Gasteiger partial charge on any atom is -0.379 e. The van der Waals surface area contributed by atoms with Crippen molar-refractivity contribution in [3.8, 4) is 11.4 Å². The molecule has 0 unspecified atom stereocenters. The lowest BCUT2D eigenvalue weighted by Gasteiger charge is -2.26. The highest BCUT2D eigenvalue weighted by Gasteiger charge is 2.28. The topological polar surface area (TPSA) is 115 Å². The van der Waals surface area contributed by atoms with E-state index in [9.17, 15) is 18.0 Å². The summed E-state index contributed by atoms with van der Waals surface area (Å²) in [5.41, 5.74) is 0.589. The van der Waals surface area contributed by atoms with Crippen LogP contribution in [0.2, 0.25) is 0 Å². The predicted octanol–water partition coefficient (Wildman–Crippen LogP) is 1.39. The Morgan fingerprint density at radius 2 is 2.00 bits per heavy atom. The zero-order valence-corrected chi connectivity index (χ0v) is 19.7. The van der Waals surface area contributed by atoms with Gasteiger partial charge in [0.2, 0.25) is 21.8 Å². The second-order valence-corrected chi connectivity index (χ2v) is 10.5. The van der Waals surface area contributed by atoms with Gasteiger partial charge in [-0.3, -0.25) is 19.1 Å². The number of rotatable bonds is 8. The second-order valence-electron chi connectivity index (χ2n) is 7.58. The van der Waals surface area contributed by atoms with Crippen LogP contribution in [0.3, 0.4) is 0 Å². The third kappa shape index (κ3) is 5.03. The summed E-state index contributed by atoms with van der Waals surface area (Å²) >= 11 is 1.19. The van der Waals surface area contributed by atoms with Gasteiger partial charge in [0.05, 0.1) is 23.9 Å². The maximum atomic E-state index is 13.1. The SMILES string of the molecule is C=CCn1c(SCC(=O)N2CCCC2=O)nnc1-c1cccc(S(=O)(=O)N2CCOCC2)c1. The van der Waals surface area contributed by atoms with E-state index in [1.807, 2.05) is 0 Å². The number of imide groups is 1. The molecule has 1 aromatic heterocycles. The van der Waals surface area contributed by atoms with E-state index in [4.69, 9.17) is 4.74 Å². The van der Waals surface area contributed by atoms with Gasteiger partial charge in [-0.05, 0) is 18.6 Å². The Labute approximate surface area is 196 Å². The number of allylic oxidation sites excluding steroid dienone is 1. The molecule has 12 heteroatoms. The molecule has 33 heavy (non-hydrogen) atoms. The zero-order chi connectivity index (χ0) is 23.4. The molecule has 0 aliphatic carbocycles. The van der Waals surface area contributed by atoms with Crippen LogP contribution in [0.4, 0.5) is 0 Å². The van der Waals surface area contributed by atoms with Crippen molar-refractivity contribution < 1.29 is 22.7 Å². The predicted molar refractivity (Wildman–Crippen MR) is 122 cm³/mol. The van der Waals surface area contributed by atoms with Crippen molar-refractivity contribution >= 4 is 33.6 Å². The molecule has 10 nitrogen and oxygen atoms in total. The molecule has 176 valence electrons. The van der Waals surface area contributed by atoms with Crippen LogP contribution in [0.1, 0.15) is 12.8 Å². The molecule has 2 aliphatic rings. The standard InChI is InChI=1S/C21H25N5O5S2/c1-2-8-26-20(22-23-21(26)32-15-19(28)25-9-4-7-18(25)27)16-5-3-6-17(14-16)33(29,30)24-10-12-31-13-11-24/h2-3,5-6,14H,1,4,7-13,15H2. The van der Waals surface area contributed by atoms with Crippen molar-refractivity contribution in [2.45, 2.75) is 29.4 Å². The molecule has 1 aromatic carbocycles. The highest BCUT2D eigenvalue weighted by atomic mass is 32.2. The van der Waals surface area contributed by atoms with Gasteiger partial charge < -0.3 is 4.74 Å². The first-order valence-electron chi connectivity index (χ1n) is 10.6. The number of nitrogens with zero attached hydrogens (tertiary/aromatic N) is 5. The lowest BCUT2D eigenvalue weighted by Crippen LogP contribution is -2.40. The van der Waals surface area contributed by atoms with Crippen LogP contribution >= 0.6 is 11.8 Å². The summed E-state index contributed by atoms with van der Waals surface area (Å²) < 4.78 is 34.6. The maximum absolute atomic E-state index is 13.1. The molecule has 2 fully saturated rings. The quantitative estimate of drug-likeness (QED) is 0.402. The van der Waals surface area contributed by atoms with Gasteiger partial charge in [-0.25, -0.2) is 8.42 Å². The normalized spacial score (nSPS) is 17.5. The van der Waals surface area contributed by atoms with E-state index in [0.29, 0.717) is 68.8 Å². The fraction of sp³-hybridized carbons (Fsp3) is 0.429. The van der Waals surface area contributed by atoms with Crippen LogP contribution < -0.4 is 0 Å². The molecule has 2 aromatic rings. The number of benzene rings is 1. The van der Waals surface area contributed by atoms with Gasteiger partial charge in [0.25, 0.3) is 0 Å². The Morgan fingerprint density at radius 3 is 2.70 bits per heavy atom. The molecule has 3 heterocycles. The molecule has 0 radical (unpaired) electrons. The molecule has 0 atom stereocenters. The largest absolute Gasteiger partial charge is 0.379 e. The molecule has 0 N–H and O–H groups in total. The fourth-order valence-corrected chi connectivity index (χ4v) is 6.03. The smallest absolute Gasteiger partial charge is 0.243 e. The lowest BCUT2D eigenvalue weighted by atomic mass is 10.2. The first kappa shape index (κ1) is 23.6. The molecule has 0 bridgehead atoms. The Bertz CT molecular complexity index is 1160. The van der Waals surface area contributed by atoms with Gasteiger partial charge in [-0.2, -0.15) is 4.31 Å². The number of hydrogen-bond donors (Lipinski definition) is 0. The summed E-state index contributed by atoms with van der Waals surface area (Å²) in [7, 11) is -3.66. The van der Waals surface area contributed by atoms with Crippen LogP contribution in [-0.2, 0) is 30.9 Å². The number of sulfonamides is 1. The van der Waals surface area contributed by atoms with E-state index in [1.54, 1.807) is 34.9 Å². The highest BCUT2D eigenvalue weighted by Crippen LogP contribution is 2.27. The monoisotopic (exact) mass is 491 g/mol. The molecule has 0 saturated carbocycles. The van der Waals surface area contributed by atoms with Crippen LogP contribution in [0, 0.1) is 0 Å². The third-order valence-corrected chi connectivity index (χ3v) is 8.27. The van der Waals surface area contributed by atoms with E-state index < -0.39 is 10.0 Å². The summed E-state index contributed by atoms with van der Waals surface area (Å²) in [6.45, 7) is 5.97. The van der Waals surface area contributed by atoms with Crippen molar-refractivity contribution in [1.29, 1.82) is 0 Å². The summed E-state index contributed by atoms with van der Waals surface area (Å²) in [6.07, 6.45) is 2.77. The Hall–Kier alpha value is -2.54. The molecule has 4 rings (SSSR count). The van der Waals surface area contributed by atoms with Crippen LogP contribution in [0.5, 0.6) is 0 Å². The Kier molecular flexibility index (Phi) is 7.27. The molecule has 2 amide bonds. The zero-order valence-electron chi connectivity index (χ0n) is 18.1. The van der Waals surface area contributed by atoms with E-state index in [0.717, 1.165) is 0 Å². The van der Waals surface area contributed by atoms with E-state index in [-0.39, 0.29) is 22.5 Å². The minimum atomic E-state index is -3.66. The second kappa shape index (κ2) is 10.2. The van der Waals surface area contributed by atoms with Crippen molar-refractivity contribution in [3.05, 3.63) is 36.9 Å². The minimum absolute atomic E-state index is 0.0620. The number of ether oxygens (including phenoxy) is 1. The fourth-order valence-electron chi connectivity index (χ4n) is 3.75. The highest BCUT2D eigenvalue weighted by molar-refractivity contribution is 7.99. The molecular formula is C21H25N5O5S2. The number of thioether (sulfide) groups is 1. The summed E-state index contributed by atoms with van der Waals surface area (Å²) in [5.74, 6) is 0.135. The first-order chi connectivity index (χ1) is 15.9. The van der Waals surface area contributed by atoms with Crippen molar-refractivity contribution in [2.24, 2.45) is 0 Å². The summed E-state index contributed by atoms with van der Waals surface area (Å²) in [4.78, 5) is 25.7. The van der Waals surface area contributed by atoms with Crippen molar-refractivity contribution in [3.63, 3.8) is 0 Å². The summed E-state index contributed by atoms with van der Waals surface area (Å²) in [5, 5.41) is 8.95. The van der Waals surface area contributed by atoms with Gasteiger partial charge in [0.15, 0.2) is 11.0 Å². The van der Waals surface area contributed by atoms with E-state index in [1.165, 1.54) is 21.0 Å². The number of amides is 2. The molecule has 2 saturated heterocycles. The van der Waals surface area contributed by atoms with Gasteiger partial charge in [-0.15, -0.1) is 16.8 Å². The third-order valence-electron chi connectivity index (χ3n) is 5.43. The lowest BCUT2D eigenvalue weighted by molar-refractivity contribution is -0.140. The van der Waals surface area contributed by atoms with Gasteiger partial charge in [0, 0.05) is 38.2 Å². The van der Waals surface area contributed by atoms with Gasteiger partial charge >= 0.3 is 0 Å². The molecular weight excluding hydrogens is 466 g/mol. The number of morpholine rings is 1. The number of likely N-dealkylation sites (tertiary alicyclic amines) is 1. The average molecular weight is 492 g/mol. The first-order valence-corrected chi connectivity index (χ1v) is 13.0. The summed E-state index contributed by atoms with van der Waals surface area (Å²) in [6, 6.07) is 6.58. The molecule has 0 spiro atoms. The van der Waals surface area contributed by atoms with E-state index in [2.05, 4.69) is 16.8 Å². The molecule has 2 aliphatic heterocycles. The van der Waals surface area contributed by atoms with Gasteiger partial charge in [-0.1, -0.05) is 30.0 Å². The maximum Gasteiger partial charge on any atom is 0.243 e. The van der Waals surface area contributed by atoms with E-state index >= 15 is 0 Å². The van der Waals surface area contributed by atoms with Crippen LogP contribution in [-0.4, -0.2) is 82.8 Å². The number of carbonyl (C=O) groups is 2. The van der Waals surface area contributed by atoms with Crippen molar-refractivity contribution in [2.75, 3.05) is 38.6 Å². The number of aromatic nitrogens is 3. The average Bonchev–Trinajstić information content (AvgIpc) is 3.44. The van der Waals surface area contributed by atoms with Gasteiger partial charge in [0.1, 0.15) is 0 Å². The van der Waals surface area contributed by atoms with Crippen LogP contribution in [0.15, 0.2) is 47.0 Å². The Morgan fingerprint density at radius 1 is 1.21 bits per heavy atom. The number of hydrogen-bond acceptors (Lipinski definition) is 8. The van der Waals surface area contributed by atoms with Crippen LogP contribution in [0.25, 0.3) is 11.4 Å². The number of carbonyl (C=O) groups excluding carboxylic acids is 2. The Balaban J connectivity index is 1.57.